The number of aromatic nitrogens is 1. The number of nitrogens with zero attached hydrogens (tertiary/aromatic N) is 1. The van der Waals surface area contributed by atoms with E-state index in [4.69, 9.17) is 0 Å². The molecule has 0 aliphatic heterocycles. The molecular formula is C11H14BrNO. The quantitative estimate of drug-likeness (QED) is 0.840. The topological polar surface area (TPSA) is 33.1 Å². The van der Waals surface area contributed by atoms with Gasteiger partial charge in [-0.15, -0.1) is 6.58 Å². The van der Waals surface area contributed by atoms with Crippen LogP contribution in [0, 0.1) is 5.41 Å². The van der Waals surface area contributed by atoms with E-state index >= 15 is 0 Å². The van der Waals surface area contributed by atoms with Crippen LogP contribution in [0.3, 0.4) is 0 Å². The number of hydrogen-bond donors (Lipinski definition) is 1. The molecule has 1 unspecified atom stereocenters. The van der Waals surface area contributed by atoms with Gasteiger partial charge in [0.1, 0.15) is 0 Å². The summed E-state index contributed by atoms with van der Waals surface area (Å²) in [5, 5.41) is 9.21. The molecule has 0 aliphatic rings. The third-order valence-electron chi connectivity index (χ3n) is 2.22. The number of pyridine rings is 1. The molecule has 1 N–H and O–H groups in total. The number of aliphatic hydroxyl groups excluding tert-OH is 1. The minimum absolute atomic E-state index is 0.100. The first kappa shape index (κ1) is 11.4. The summed E-state index contributed by atoms with van der Waals surface area (Å²) in [5.74, 6) is 0. The number of rotatable bonds is 4. The first-order chi connectivity index (χ1) is 6.59. The molecule has 1 heterocycles. The predicted octanol–water partition coefficient (Wildman–Crippen LogP) is 2.57. The van der Waals surface area contributed by atoms with Gasteiger partial charge in [0.25, 0.3) is 0 Å². The van der Waals surface area contributed by atoms with Crippen LogP contribution in [0.5, 0.6) is 0 Å². The van der Waals surface area contributed by atoms with Gasteiger partial charge in [-0.3, -0.25) is 4.98 Å². The molecule has 0 fully saturated rings. The molecule has 0 saturated heterocycles. The minimum Gasteiger partial charge on any atom is -0.395 e. The van der Waals surface area contributed by atoms with Gasteiger partial charge >= 0.3 is 0 Å². The Labute approximate surface area is 92.8 Å². The van der Waals surface area contributed by atoms with Crippen molar-refractivity contribution in [3.05, 3.63) is 41.2 Å². The molecule has 76 valence electrons. The zero-order valence-electron chi connectivity index (χ0n) is 8.20. The Hall–Kier alpha value is -0.670. The van der Waals surface area contributed by atoms with Crippen LogP contribution in [0.1, 0.15) is 12.5 Å². The second-order valence-corrected chi connectivity index (χ2v) is 4.62. The van der Waals surface area contributed by atoms with Crippen LogP contribution < -0.4 is 0 Å². The molecule has 0 aliphatic carbocycles. The molecule has 14 heavy (non-hydrogen) atoms. The Balaban J connectivity index is 2.82. The van der Waals surface area contributed by atoms with Gasteiger partial charge in [-0.25, -0.2) is 0 Å². The predicted molar refractivity (Wildman–Crippen MR) is 61.0 cm³/mol. The second kappa shape index (κ2) is 4.71. The van der Waals surface area contributed by atoms with E-state index in [1.807, 2.05) is 19.2 Å². The van der Waals surface area contributed by atoms with E-state index in [1.54, 1.807) is 12.3 Å². The van der Waals surface area contributed by atoms with Crippen molar-refractivity contribution in [3.63, 3.8) is 0 Å². The zero-order chi connectivity index (χ0) is 10.6. The molecule has 3 heteroatoms. The molecule has 1 aromatic rings. The Morgan fingerprint density at radius 3 is 2.86 bits per heavy atom. The molecule has 2 nitrogen and oxygen atoms in total. The van der Waals surface area contributed by atoms with E-state index < -0.39 is 0 Å². The maximum Gasteiger partial charge on any atom is 0.0522 e. The Bertz CT molecular complexity index is 327. The summed E-state index contributed by atoms with van der Waals surface area (Å²) in [6.45, 7) is 5.80. The zero-order valence-corrected chi connectivity index (χ0v) is 9.79. The fraction of sp³-hybridized carbons (Fsp3) is 0.364. The lowest BCUT2D eigenvalue weighted by Gasteiger charge is -2.22. The van der Waals surface area contributed by atoms with Gasteiger partial charge in [0.05, 0.1) is 6.61 Å². The van der Waals surface area contributed by atoms with Crippen molar-refractivity contribution in [2.75, 3.05) is 6.61 Å². The summed E-state index contributed by atoms with van der Waals surface area (Å²) in [4.78, 5) is 4.07. The Morgan fingerprint density at radius 2 is 2.36 bits per heavy atom. The van der Waals surface area contributed by atoms with E-state index in [2.05, 4.69) is 27.5 Å². The van der Waals surface area contributed by atoms with Crippen molar-refractivity contribution < 1.29 is 5.11 Å². The highest BCUT2D eigenvalue weighted by atomic mass is 79.9. The maximum absolute atomic E-state index is 9.21. The van der Waals surface area contributed by atoms with E-state index in [-0.39, 0.29) is 12.0 Å². The summed E-state index contributed by atoms with van der Waals surface area (Å²) >= 11 is 3.36. The lowest BCUT2D eigenvalue weighted by Crippen LogP contribution is -2.21. The van der Waals surface area contributed by atoms with Crippen molar-refractivity contribution in [3.8, 4) is 0 Å². The fourth-order valence-corrected chi connectivity index (χ4v) is 1.62. The van der Waals surface area contributed by atoms with Gasteiger partial charge in [-0.2, -0.15) is 0 Å². The molecule has 1 rings (SSSR count). The molecule has 1 aromatic heterocycles. The van der Waals surface area contributed by atoms with Crippen molar-refractivity contribution in [1.82, 2.24) is 4.98 Å². The summed E-state index contributed by atoms with van der Waals surface area (Å²) < 4.78 is 0.958. The third-order valence-corrected chi connectivity index (χ3v) is 2.66. The van der Waals surface area contributed by atoms with Gasteiger partial charge in [-0.05, 0) is 34.0 Å². The molecule has 0 aromatic carbocycles. The van der Waals surface area contributed by atoms with Gasteiger partial charge in [0, 0.05) is 22.3 Å². The van der Waals surface area contributed by atoms with Gasteiger partial charge in [0.15, 0.2) is 0 Å². The van der Waals surface area contributed by atoms with Gasteiger partial charge < -0.3 is 5.11 Å². The van der Waals surface area contributed by atoms with Crippen molar-refractivity contribution in [2.24, 2.45) is 5.41 Å². The lowest BCUT2D eigenvalue weighted by molar-refractivity contribution is 0.184. The molecule has 0 spiro atoms. The lowest BCUT2D eigenvalue weighted by atomic mass is 9.85. The average molecular weight is 256 g/mol. The van der Waals surface area contributed by atoms with Crippen LogP contribution in [0.4, 0.5) is 0 Å². The van der Waals surface area contributed by atoms with Crippen molar-refractivity contribution in [1.29, 1.82) is 0 Å². The van der Waals surface area contributed by atoms with Crippen molar-refractivity contribution >= 4 is 15.9 Å². The average Bonchev–Trinajstić information content (AvgIpc) is 2.18. The van der Waals surface area contributed by atoms with E-state index in [1.165, 1.54) is 0 Å². The highest BCUT2D eigenvalue weighted by Gasteiger charge is 2.19. The van der Waals surface area contributed by atoms with E-state index in [0.717, 1.165) is 16.5 Å². The van der Waals surface area contributed by atoms with Gasteiger partial charge in [-0.1, -0.05) is 13.0 Å². The van der Waals surface area contributed by atoms with Crippen LogP contribution in [0.2, 0.25) is 0 Å². The number of halogens is 1. The molecular weight excluding hydrogens is 242 g/mol. The summed E-state index contributed by atoms with van der Waals surface area (Å²) in [6.07, 6.45) is 6.09. The van der Waals surface area contributed by atoms with Crippen LogP contribution in [-0.4, -0.2) is 16.7 Å². The highest BCUT2D eigenvalue weighted by molar-refractivity contribution is 9.10. The normalized spacial score (nSPS) is 14.8. The van der Waals surface area contributed by atoms with Crippen molar-refractivity contribution in [2.45, 2.75) is 13.3 Å². The summed E-state index contributed by atoms with van der Waals surface area (Å²) in [6, 6.07) is 2.00. The van der Waals surface area contributed by atoms with E-state index in [0.29, 0.717) is 0 Å². The van der Waals surface area contributed by atoms with Gasteiger partial charge in [0.2, 0.25) is 0 Å². The van der Waals surface area contributed by atoms with Crippen LogP contribution in [-0.2, 0) is 6.42 Å². The number of hydrogen-bond acceptors (Lipinski definition) is 2. The number of aliphatic hydroxyl groups is 1. The molecule has 0 saturated carbocycles. The maximum atomic E-state index is 9.21. The fourth-order valence-electron chi connectivity index (χ4n) is 1.21. The Kier molecular flexibility index (Phi) is 3.84. The standard InChI is InChI=1S/C11H14BrNO/c1-3-11(2,8-14)5-9-4-10(12)7-13-6-9/h3-4,6-7,14H,1,5,8H2,2H3. The highest BCUT2D eigenvalue weighted by Crippen LogP contribution is 2.23. The first-order valence-corrected chi connectivity index (χ1v) is 5.23. The molecule has 1 atom stereocenters. The molecule has 0 radical (unpaired) electrons. The summed E-state index contributed by atoms with van der Waals surface area (Å²) in [7, 11) is 0. The minimum atomic E-state index is -0.261. The summed E-state index contributed by atoms with van der Waals surface area (Å²) in [5.41, 5.74) is 0.832. The Morgan fingerprint density at radius 1 is 1.64 bits per heavy atom. The van der Waals surface area contributed by atoms with Crippen LogP contribution in [0.15, 0.2) is 35.6 Å². The monoisotopic (exact) mass is 255 g/mol. The second-order valence-electron chi connectivity index (χ2n) is 3.70. The third kappa shape index (κ3) is 2.93. The molecule has 0 bridgehead atoms. The first-order valence-electron chi connectivity index (χ1n) is 4.43. The van der Waals surface area contributed by atoms with E-state index in [9.17, 15) is 5.11 Å². The smallest absolute Gasteiger partial charge is 0.0522 e. The van der Waals surface area contributed by atoms with Crippen LogP contribution in [0.25, 0.3) is 0 Å². The SMILES string of the molecule is C=CC(C)(CO)Cc1cncc(Br)c1. The largest absolute Gasteiger partial charge is 0.395 e. The molecule has 0 amide bonds. The van der Waals surface area contributed by atoms with Crippen LogP contribution >= 0.6 is 15.9 Å².